The van der Waals surface area contributed by atoms with Crippen molar-refractivity contribution >= 4 is 12.3 Å². The highest BCUT2D eigenvalue weighted by molar-refractivity contribution is 5.82. The molecule has 1 N–H and O–H groups in total. The molecule has 0 atom stereocenters. The first-order valence-electron chi connectivity index (χ1n) is 6.97. The molecule has 1 aromatic carbocycles. The van der Waals surface area contributed by atoms with E-state index < -0.39 is 6.09 Å². The Morgan fingerprint density at radius 3 is 2.76 bits per heavy atom. The van der Waals surface area contributed by atoms with E-state index >= 15 is 0 Å². The summed E-state index contributed by atoms with van der Waals surface area (Å²) in [7, 11) is 1.28. The number of carbonyl (C=O) groups is 1. The topological polar surface area (TPSA) is 69.2 Å². The zero-order valence-electron chi connectivity index (χ0n) is 12.7. The fourth-order valence-electron chi connectivity index (χ4n) is 1.52. The smallest absolute Gasteiger partial charge is 0.427 e. The average Bonchev–Trinajstić information content (AvgIpc) is 2.49. The molecule has 0 heterocycles. The van der Waals surface area contributed by atoms with Crippen LogP contribution >= 0.6 is 0 Å². The second-order valence-corrected chi connectivity index (χ2v) is 4.20. The molecule has 0 spiro atoms. The Balaban J connectivity index is 2.74. The van der Waals surface area contributed by atoms with Crippen molar-refractivity contribution in [1.29, 1.82) is 0 Å². The fourth-order valence-corrected chi connectivity index (χ4v) is 1.52. The average molecular weight is 294 g/mol. The van der Waals surface area contributed by atoms with E-state index in [1.165, 1.54) is 13.3 Å². The number of methoxy groups -OCH3 is 1. The van der Waals surface area contributed by atoms with Crippen molar-refractivity contribution in [2.45, 2.75) is 26.7 Å². The Bertz CT molecular complexity index is 475. The van der Waals surface area contributed by atoms with Gasteiger partial charge in [0.25, 0.3) is 0 Å². The summed E-state index contributed by atoms with van der Waals surface area (Å²) in [5, 5.41) is 3.77. The molecule has 21 heavy (non-hydrogen) atoms. The van der Waals surface area contributed by atoms with Crippen LogP contribution in [0.4, 0.5) is 4.79 Å². The van der Waals surface area contributed by atoms with Crippen molar-refractivity contribution in [3.8, 4) is 11.5 Å². The zero-order valence-corrected chi connectivity index (χ0v) is 12.7. The normalized spacial score (nSPS) is 10.4. The highest BCUT2D eigenvalue weighted by Crippen LogP contribution is 2.28. The van der Waals surface area contributed by atoms with Crippen LogP contribution in [0.1, 0.15) is 32.3 Å². The number of carbonyl (C=O) groups excluding carboxylic acids is 1. The summed E-state index contributed by atoms with van der Waals surface area (Å²) in [4.78, 5) is 10.9. The monoisotopic (exact) mass is 294 g/mol. The van der Waals surface area contributed by atoms with Gasteiger partial charge in [0.15, 0.2) is 11.5 Å². The van der Waals surface area contributed by atoms with E-state index in [0.717, 1.165) is 18.4 Å². The Morgan fingerprint density at radius 1 is 1.29 bits per heavy atom. The SMILES string of the molecule is CCCCOc1ccc(/C=N\NC(=O)OC)cc1OCC. The fraction of sp³-hybridized carbons (Fsp3) is 0.467. The summed E-state index contributed by atoms with van der Waals surface area (Å²) in [5.74, 6) is 1.37. The molecule has 0 aromatic heterocycles. The summed E-state index contributed by atoms with van der Waals surface area (Å²) in [5.41, 5.74) is 3.01. The van der Waals surface area contributed by atoms with Gasteiger partial charge in [-0.1, -0.05) is 13.3 Å². The van der Waals surface area contributed by atoms with E-state index in [2.05, 4.69) is 22.2 Å². The van der Waals surface area contributed by atoms with Crippen LogP contribution in [-0.4, -0.2) is 32.6 Å². The number of hydrazone groups is 1. The Kier molecular flexibility index (Phi) is 7.71. The van der Waals surface area contributed by atoms with Crippen LogP contribution < -0.4 is 14.9 Å². The van der Waals surface area contributed by atoms with Gasteiger partial charge in [0, 0.05) is 0 Å². The van der Waals surface area contributed by atoms with Gasteiger partial charge in [-0.25, -0.2) is 10.2 Å². The molecule has 0 fully saturated rings. The molecular formula is C15H22N2O4. The molecule has 1 aromatic rings. The van der Waals surface area contributed by atoms with Crippen LogP contribution in [-0.2, 0) is 4.74 Å². The van der Waals surface area contributed by atoms with Crippen molar-refractivity contribution in [3.05, 3.63) is 23.8 Å². The lowest BCUT2D eigenvalue weighted by atomic mass is 10.2. The minimum Gasteiger partial charge on any atom is -0.490 e. The highest BCUT2D eigenvalue weighted by atomic mass is 16.5. The van der Waals surface area contributed by atoms with Crippen LogP contribution in [0.5, 0.6) is 11.5 Å². The maximum absolute atomic E-state index is 10.9. The Hall–Kier alpha value is -2.24. The van der Waals surface area contributed by atoms with E-state index in [1.54, 1.807) is 0 Å². The predicted molar refractivity (Wildman–Crippen MR) is 81.1 cm³/mol. The highest BCUT2D eigenvalue weighted by Gasteiger charge is 2.05. The van der Waals surface area contributed by atoms with Crippen molar-refractivity contribution in [2.75, 3.05) is 20.3 Å². The third kappa shape index (κ3) is 6.16. The minimum absolute atomic E-state index is 0.547. The van der Waals surface area contributed by atoms with Gasteiger partial charge in [0.2, 0.25) is 0 Å². The van der Waals surface area contributed by atoms with Crippen molar-refractivity contribution in [2.24, 2.45) is 5.10 Å². The maximum Gasteiger partial charge on any atom is 0.427 e. The predicted octanol–water partition coefficient (Wildman–Crippen LogP) is 2.95. The first-order chi connectivity index (χ1) is 10.2. The molecule has 0 unspecified atom stereocenters. The van der Waals surface area contributed by atoms with Gasteiger partial charge in [-0.05, 0) is 37.1 Å². The van der Waals surface area contributed by atoms with Crippen LogP contribution in [0.15, 0.2) is 23.3 Å². The number of nitrogens with zero attached hydrogens (tertiary/aromatic N) is 1. The number of ether oxygens (including phenoxy) is 3. The van der Waals surface area contributed by atoms with E-state index in [4.69, 9.17) is 9.47 Å². The van der Waals surface area contributed by atoms with E-state index in [9.17, 15) is 4.79 Å². The number of nitrogens with one attached hydrogen (secondary N) is 1. The molecule has 6 heteroatoms. The van der Waals surface area contributed by atoms with E-state index in [0.29, 0.717) is 24.7 Å². The summed E-state index contributed by atoms with van der Waals surface area (Å²) in [6, 6.07) is 5.49. The molecule has 0 aliphatic carbocycles. The van der Waals surface area contributed by atoms with E-state index in [-0.39, 0.29) is 0 Å². The van der Waals surface area contributed by atoms with Crippen LogP contribution in [0.2, 0.25) is 0 Å². The number of benzene rings is 1. The number of amides is 1. The molecule has 0 saturated carbocycles. The van der Waals surface area contributed by atoms with Gasteiger partial charge in [-0.3, -0.25) is 0 Å². The number of hydrogen-bond acceptors (Lipinski definition) is 5. The molecule has 0 aliphatic heterocycles. The van der Waals surface area contributed by atoms with Crippen LogP contribution in [0.3, 0.4) is 0 Å². The van der Waals surface area contributed by atoms with Crippen LogP contribution in [0.25, 0.3) is 0 Å². The Labute approximate surface area is 125 Å². The molecule has 1 rings (SSSR count). The van der Waals surface area contributed by atoms with E-state index in [1.807, 2.05) is 25.1 Å². The van der Waals surface area contributed by atoms with Gasteiger partial charge >= 0.3 is 6.09 Å². The molecular weight excluding hydrogens is 272 g/mol. The summed E-state index contributed by atoms with van der Waals surface area (Å²) >= 11 is 0. The number of rotatable bonds is 8. The standard InChI is InChI=1S/C15H22N2O4/c1-4-6-9-21-13-8-7-12(10-14(13)20-5-2)11-16-17-15(18)19-3/h7-8,10-11H,4-6,9H2,1-3H3,(H,17,18)/b16-11-. The van der Waals surface area contributed by atoms with Gasteiger partial charge in [-0.15, -0.1) is 0 Å². The summed E-state index contributed by atoms with van der Waals surface area (Å²) in [6.45, 7) is 5.23. The molecule has 0 bridgehead atoms. The first kappa shape index (κ1) is 16.8. The van der Waals surface area contributed by atoms with Gasteiger partial charge < -0.3 is 14.2 Å². The second-order valence-electron chi connectivity index (χ2n) is 4.20. The first-order valence-corrected chi connectivity index (χ1v) is 6.97. The zero-order chi connectivity index (χ0) is 15.5. The van der Waals surface area contributed by atoms with Crippen molar-refractivity contribution in [1.82, 2.24) is 5.43 Å². The quantitative estimate of drug-likeness (QED) is 0.454. The maximum atomic E-state index is 10.9. The largest absolute Gasteiger partial charge is 0.490 e. The molecule has 0 aliphatic rings. The third-order valence-electron chi connectivity index (χ3n) is 2.58. The van der Waals surface area contributed by atoms with Crippen LogP contribution in [0, 0.1) is 0 Å². The minimum atomic E-state index is -0.615. The molecule has 0 radical (unpaired) electrons. The Morgan fingerprint density at radius 2 is 2.10 bits per heavy atom. The van der Waals surface area contributed by atoms with Gasteiger partial charge in [0.1, 0.15) is 0 Å². The number of unbranched alkanes of at least 4 members (excludes halogenated alkanes) is 1. The summed E-state index contributed by atoms with van der Waals surface area (Å²) < 4.78 is 15.7. The lowest BCUT2D eigenvalue weighted by Crippen LogP contribution is -2.16. The lowest BCUT2D eigenvalue weighted by Gasteiger charge is -2.12. The third-order valence-corrected chi connectivity index (χ3v) is 2.58. The second kappa shape index (κ2) is 9.63. The molecule has 116 valence electrons. The number of hydrogen-bond donors (Lipinski definition) is 1. The summed E-state index contributed by atoms with van der Waals surface area (Å²) in [6.07, 6.45) is 2.97. The lowest BCUT2D eigenvalue weighted by molar-refractivity contribution is 0.171. The van der Waals surface area contributed by atoms with Crippen molar-refractivity contribution in [3.63, 3.8) is 0 Å². The molecule has 6 nitrogen and oxygen atoms in total. The van der Waals surface area contributed by atoms with Gasteiger partial charge in [0.05, 0.1) is 26.5 Å². The van der Waals surface area contributed by atoms with Crippen molar-refractivity contribution < 1.29 is 19.0 Å². The molecule has 0 saturated heterocycles. The molecule has 1 amide bonds. The van der Waals surface area contributed by atoms with Gasteiger partial charge in [-0.2, -0.15) is 5.10 Å².